The fourth-order valence-electron chi connectivity index (χ4n) is 2.37. The largest absolute Gasteiger partial charge is 0.377 e. The minimum Gasteiger partial charge on any atom is -0.377 e. The minimum atomic E-state index is -0.713. The second kappa shape index (κ2) is 5.10. The molecule has 1 atom stereocenters. The van der Waals surface area contributed by atoms with Crippen LogP contribution < -0.4 is 10.5 Å². The van der Waals surface area contributed by atoms with Gasteiger partial charge in [0.05, 0.1) is 5.92 Å². The number of rotatable bonds is 3. The smallest absolute Gasteiger partial charge is 0.365 e. The molecule has 0 fully saturated rings. The molecule has 2 aromatic rings. The quantitative estimate of drug-likeness (QED) is 0.834. The van der Waals surface area contributed by atoms with Gasteiger partial charge in [0.25, 0.3) is 5.91 Å². The van der Waals surface area contributed by atoms with Gasteiger partial charge in [-0.2, -0.15) is 9.75 Å². The van der Waals surface area contributed by atoms with Crippen LogP contribution in [0.5, 0.6) is 5.75 Å². The van der Waals surface area contributed by atoms with Crippen LogP contribution in [-0.2, 0) is 4.79 Å². The normalized spacial score (nSPS) is 17.1. The summed E-state index contributed by atoms with van der Waals surface area (Å²) in [7, 11) is 1.45. The molecule has 8 nitrogen and oxygen atoms in total. The molecule has 0 spiro atoms. The average molecular weight is 305 g/mol. The Morgan fingerprint density at radius 1 is 1.50 bits per heavy atom. The number of hydrogen-bond acceptors (Lipinski definition) is 5. The van der Waals surface area contributed by atoms with E-state index in [2.05, 4.69) is 22.1 Å². The zero-order valence-corrected chi connectivity index (χ0v) is 11.6. The van der Waals surface area contributed by atoms with Gasteiger partial charge in [-0.05, 0) is 22.9 Å². The molecule has 1 N–H and O–H groups in total. The Bertz CT molecular complexity index is 812. The summed E-state index contributed by atoms with van der Waals surface area (Å²) in [6.45, 7) is 3.62. The molecule has 22 heavy (non-hydrogen) atoms. The van der Waals surface area contributed by atoms with Crippen LogP contribution in [-0.4, -0.2) is 38.2 Å². The van der Waals surface area contributed by atoms with Crippen LogP contribution in [0.4, 0.5) is 4.39 Å². The summed E-state index contributed by atoms with van der Waals surface area (Å²) in [5.41, 5.74) is -0.318. The maximum absolute atomic E-state index is 14.2. The van der Waals surface area contributed by atoms with Crippen molar-refractivity contribution in [2.75, 3.05) is 7.05 Å². The van der Waals surface area contributed by atoms with Crippen molar-refractivity contribution < 1.29 is 14.0 Å². The molecule has 0 saturated carbocycles. The maximum atomic E-state index is 14.2. The van der Waals surface area contributed by atoms with Gasteiger partial charge in [0.15, 0.2) is 11.6 Å². The maximum Gasteiger partial charge on any atom is 0.365 e. The number of benzene rings is 1. The van der Waals surface area contributed by atoms with Crippen molar-refractivity contribution in [3.8, 4) is 11.4 Å². The van der Waals surface area contributed by atoms with Crippen molar-refractivity contribution in [3.63, 3.8) is 0 Å². The second-order valence-corrected chi connectivity index (χ2v) is 4.76. The van der Waals surface area contributed by atoms with Gasteiger partial charge >= 0.3 is 5.69 Å². The number of carbonyl (C=O) groups excluding carboxylic acids is 1. The number of hydroxylamine groups is 2. The Labute approximate surface area is 123 Å². The third-order valence-electron chi connectivity index (χ3n) is 3.40. The average Bonchev–Trinajstić information content (AvgIpc) is 2.90. The molecule has 114 valence electrons. The predicted octanol–water partition coefficient (Wildman–Crippen LogP) is 0.520. The molecule has 1 amide bonds. The molecule has 1 aromatic carbocycles. The Hall–Kier alpha value is -2.97. The molecule has 0 radical (unpaired) electrons. The number of nitrogens with zero attached hydrogens (tertiary/aromatic N) is 4. The Balaban J connectivity index is 2.19. The molecule has 1 unspecified atom stereocenters. The first-order valence-corrected chi connectivity index (χ1v) is 6.43. The van der Waals surface area contributed by atoms with Crippen LogP contribution in [0.2, 0.25) is 0 Å². The molecule has 1 aliphatic rings. The van der Waals surface area contributed by atoms with Crippen molar-refractivity contribution in [3.05, 3.63) is 46.7 Å². The topological polar surface area (TPSA) is 93.1 Å². The van der Waals surface area contributed by atoms with Gasteiger partial charge in [0.2, 0.25) is 0 Å². The third kappa shape index (κ3) is 2.07. The zero-order chi connectivity index (χ0) is 15.9. The van der Waals surface area contributed by atoms with Crippen molar-refractivity contribution in [2.24, 2.45) is 0 Å². The van der Waals surface area contributed by atoms with E-state index in [9.17, 15) is 14.0 Å². The highest BCUT2D eigenvalue weighted by Crippen LogP contribution is 2.37. The van der Waals surface area contributed by atoms with Crippen LogP contribution in [0.25, 0.3) is 5.69 Å². The summed E-state index contributed by atoms with van der Waals surface area (Å²) >= 11 is 0. The van der Waals surface area contributed by atoms with E-state index in [1.165, 1.54) is 13.1 Å². The molecule has 0 aliphatic carbocycles. The summed E-state index contributed by atoms with van der Waals surface area (Å²) in [5, 5.41) is 9.96. The molecule has 1 aromatic heterocycles. The van der Waals surface area contributed by atoms with Crippen molar-refractivity contribution >= 4 is 5.91 Å². The van der Waals surface area contributed by atoms with Crippen LogP contribution in [0, 0.1) is 5.82 Å². The van der Waals surface area contributed by atoms with Crippen LogP contribution in [0.3, 0.4) is 0 Å². The van der Waals surface area contributed by atoms with Gasteiger partial charge in [-0.3, -0.25) is 4.79 Å². The van der Waals surface area contributed by atoms with Crippen molar-refractivity contribution in [1.29, 1.82) is 0 Å². The number of amides is 1. The number of carbonyl (C=O) groups is 1. The molecular weight excluding hydrogens is 293 g/mol. The first-order chi connectivity index (χ1) is 10.5. The fourth-order valence-corrected chi connectivity index (χ4v) is 2.37. The zero-order valence-electron chi connectivity index (χ0n) is 11.6. The molecule has 1 aliphatic heterocycles. The van der Waals surface area contributed by atoms with Gasteiger partial charge < -0.3 is 4.84 Å². The number of H-pyrrole nitrogens is 1. The Kier molecular flexibility index (Phi) is 3.24. The fraction of sp³-hybridized carbons (Fsp3) is 0.231. The van der Waals surface area contributed by atoms with E-state index in [1.807, 2.05) is 0 Å². The first kappa shape index (κ1) is 14.0. The van der Waals surface area contributed by atoms with Gasteiger partial charge in [0, 0.05) is 18.7 Å². The number of fused-ring (bicyclic) bond motifs is 1. The van der Waals surface area contributed by atoms with Crippen LogP contribution in [0.1, 0.15) is 17.9 Å². The van der Waals surface area contributed by atoms with Gasteiger partial charge in [0.1, 0.15) is 5.69 Å². The Morgan fingerprint density at radius 3 is 2.91 bits per heavy atom. The number of allylic oxidation sites excluding steroid dienone is 1. The van der Waals surface area contributed by atoms with Gasteiger partial charge in [-0.15, -0.1) is 6.58 Å². The van der Waals surface area contributed by atoms with Crippen molar-refractivity contribution in [1.82, 2.24) is 25.3 Å². The van der Waals surface area contributed by atoms with Gasteiger partial charge in [-0.25, -0.2) is 14.3 Å². The molecule has 0 bridgehead atoms. The summed E-state index contributed by atoms with van der Waals surface area (Å²) in [6, 6.07) is 2.48. The molecule has 2 heterocycles. The summed E-state index contributed by atoms with van der Waals surface area (Å²) in [5.74, 6) is -1.34. The lowest BCUT2D eigenvalue weighted by Crippen LogP contribution is -2.39. The Morgan fingerprint density at radius 2 is 2.27 bits per heavy atom. The first-order valence-electron chi connectivity index (χ1n) is 6.43. The van der Waals surface area contributed by atoms with E-state index in [0.29, 0.717) is 12.0 Å². The minimum absolute atomic E-state index is 0.104. The number of hydrogen-bond donors (Lipinski definition) is 1. The summed E-state index contributed by atoms with van der Waals surface area (Å²) < 4.78 is 15.0. The number of tetrazole rings is 1. The number of halogens is 1. The van der Waals surface area contributed by atoms with E-state index in [4.69, 9.17) is 4.84 Å². The highest BCUT2D eigenvalue weighted by molar-refractivity contribution is 5.85. The van der Waals surface area contributed by atoms with E-state index in [0.717, 1.165) is 15.8 Å². The van der Waals surface area contributed by atoms with Crippen LogP contribution >= 0.6 is 0 Å². The highest BCUT2D eigenvalue weighted by atomic mass is 19.1. The molecule has 9 heteroatoms. The predicted molar refractivity (Wildman–Crippen MR) is 72.9 cm³/mol. The summed E-state index contributed by atoms with van der Waals surface area (Å²) in [4.78, 5) is 29.0. The van der Waals surface area contributed by atoms with E-state index >= 15 is 0 Å². The lowest BCUT2D eigenvalue weighted by Gasteiger charge is -2.30. The molecule has 3 rings (SSSR count). The standard InChI is InChI=1S/C13H12FN5O3/c1-3-4-7-8-5-10(19-13(21)15-16-17-19)9(14)6-11(8)22-18(2)12(7)20/h3,5-7H,1,4H2,2H3,(H,15,17,21). The SMILES string of the molecule is C=CCC1C(=O)N(C)Oc2cc(F)c(-n3nn[nH]c3=O)cc21. The van der Waals surface area contributed by atoms with Crippen molar-refractivity contribution in [2.45, 2.75) is 12.3 Å². The third-order valence-corrected chi connectivity index (χ3v) is 3.40. The molecular formula is C13H12FN5O3. The van der Waals surface area contributed by atoms with E-state index in [1.54, 1.807) is 6.08 Å². The second-order valence-electron chi connectivity index (χ2n) is 4.76. The number of likely N-dealkylation sites (N-methyl/N-ethyl adjacent to an activating group) is 1. The summed E-state index contributed by atoms with van der Waals surface area (Å²) in [6.07, 6.45) is 1.95. The van der Waals surface area contributed by atoms with Crippen LogP contribution in [0.15, 0.2) is 29.6 Å². The van der Waals surface area contributed by atoms with E-state index in [-0.39, 0.29) is 17.3 Å². The lowest BCUT2D eigenvalue weighted by molar-refractivity contribution is -0.157. The molecule has 0 saturated heterocycles. The number of aromatic nitrogens is 4. The number of aromatic amines is 1. The van der Waals surface area contributed by atoms with E-state index < -0.39 is 17.4 Å². The van der Waals surface area contributed by atoms with Gasteiger partial charge in [-0.1, -0.05) is 6.08 Å². The lowest BCUT2D eigenvalue weighted by atomic mass is 9.92. The highest BCUT2D eigenvalue weighted by Gasteiger charge is 2.33. The monoisotopic (exact) mass is 305 g/mol. The number of nitrogens with one attached hydrogen (secondary N) is 1.